The molecule has 4 nitrogen and oxygen atoms in total. The van der Waals surface area contributed by atoms with Gasteiger partial charge in [-0.05, 0) is 90.5 Å². The van der Waals surface area contributed by atoms with Crippen molar-refractivity contribution in [1.82, 2.24) is 15.5 Å². The van der Waals surface area contributed by atoms with Gasteiger partial charge in [-0.2, -0.15) is 0 Å². The zero-order chi connectivity index (χ0) is 25.6. The molecule has 0 aromatic heterocycles. The van der Waals surface area contributed by atoms with Crippen LogP contribution in [0.25, 0.3) is 5.57 Å². The molecular formula is C30H47N3OS. The summed E-state index contributed by atoms with van der Waals surface area (Å²) in [4.78, 5) is 13.7. The van der Waals surface area contributed by atoms with E-state index >= 15 is 0 Å². The Morgan fingerprint density at radius 1 is 1.11 bits per heavy atom. The van der Waals surface area contributed by atoms with Gasteiger partial charge in [-0.3, -0.25) is 4.79 Å². The van der Waals surface area contributed by atoms with Gasteiger partial charge in [-0.1, -0.05) is 64.2 Å². The quantitative estimate of drug-likeness (QED) is 0.359. The van der Waals surface area contributed by atoms with Gasteiger partial charge in [0.15, 0.2) is 0 Å². The van der Waals surface area contributed by atoms with Gasteiger partial charge in [0.05, 0.1) is 5.03 Å². The monoisotopic (exact) mass is 497 g/mol. The lowest BCUT2D eigenvalue weighted by Crippen LogP contribution is -2.41. The van der Waals surface area contributed by atoms with Gasteiger partial charge in [0.1, 0.15) is 0 Å². The number of fused-ring (bicyclic) bond motifs is 1. The number of allylic oxidation sites excluding steroid dienone is 1. The summed E-state index contributed by atoms with van der Waals surface area (Å²) in [6, 6.07) is 7.70. The Kier molecular flexibility index (Phi) is 9.56. The molecule has 1 aliphatic heterocycles. The van der Waals surface area contributed by atoms with E-state index in [1.54, 1.807) is 18.8 Å². The second-order valence-corrected chi connectivity index (χ2v) is 12.6. The second-order valence-electron chi connectivity index (χ2n) is 11.7. The van der Waals surface area contributed by atoms with E-state index in [9.17, 15) is 4.79 Å². The van der Waals surface area contributed by atoms with Crippen LogP contribution in [0.3, 0.4) is 0 Å². The Balaban J connectivity index is 1.48. The molecule has 0 bridgehead atoms. The number of likely N-dealkylation sites (tertiary alicyclic amines) is 1. The number of nitrogens with one attached hydrogen (secondary N) is 2. The Morgan fingerprint density at radius 2 is 1.77 bits per heavy atom. The van der Waals surface area contributed by atoms with Crippen LogP contribution in [0, 0.1) is 0 Å². The van der Waals surface area contributed by atoms with Crippen LogP contribution in [0.5, 0.6) is 0 Å². The number of benzene rings is 1. The fraction of sp³-hybridized carbons (Fsp3) is 0.633. The van der Waals surface area contributed by atoms with Gasteiger partial charge >= 0.3 is 0 Å². The molecule has 0 spiro atoms. The average molecular weight is 498 g/mol. The van der Waals surface area contributed by atoms with Crippen LogP contribution >= 0.6 is 11.8 Å². The minimum absolute atomic E-state index is 0.137. The van der Waals surface area contributed by atoms with Crippen molar-refractivity contribution in [3.63, 3.8) is 0 Å². The molecular weight excluding hydrogens is 450 g/mol. The number of unbranched alkanes of at least 4 members (excludes halogenated alkanes) is 1. The molecule has 1 aromatic rings. The molecule has 0 saturated carbocycles. The highest BCUT2D eigenvalue weighted by Gasteiger charge is 2.36. The van der Waals surface area contributed by atoms with Crippen molar-refractivity contribution in [2.24, 2.45) is 0 Å². The highest BCUT2D eigenvalue weighted by atomic mass is 32.2. The molecule has 1 aromatic carbocycles. The minimum atomic E-state index is 0.137. The van der Waals surface area contributed by atoms with Crippen molar-refractivity contribution in [2.45, 2.75) is 96.4 Å². The predicted molar refractivity (Wildman–Crippen MR) is 153 cm³/mol. The van der Waals surface area contributed by atoms with E-state index in [-0.39, 0.29) is 16.7 Å². The second kappa shape index (κ2) is 12.0. The molecule has 0 atom stereocenters. The molecule has 3 rings (SSSR count). The van der Waals surface area contributed by atoms with Crippen LogP contribution in [0.1, 0.15) is 96.3 Å². The fourth-order valence-corrected chi connectivity index (χ4v) is 6.09. The summed E-state index contributed by atoms with van der Waals surface area (Å²) in [6.45, 7) is 19.3. The maximum Gasteiger partial charge on any atom is 0.219 e. The molecule has 1 aliphatic carbocycles. The predicted octanol–water partition coefficient (Wildman–Crippen LogP) is 6.57. The van der Waals surface area contributed by atoms with Gasteiger partial charge in [0.25, 0.3) is 0 Å². The lowest BCUT2D eigenvalue weighted by atomic mass is 9.63. The highest BCUT2D eigenvalue weighted by Crippen LogP contribution is 2.46. The van der Waals surface area contributed by atoms with E-state index in [0.717, 1.165) is 50.3 Å². The molecule has 1 saturated heterocycles. The van der Waals surface area contributed by atoms with Crippen molar-refractivity contribution in [3.8, 4) is 0 Å². The van der Waals surface area contributed by atoms with Crippen molar-refractivity contribution < 1.29 is 4.79 Å². The van der Waals surface area contributed by atoms with E-state index < -0.39 is 0 Å². The summed E-state index contributed by atoms with van der Waals surface area (Å²) in [5.41, 5.74) is 6.17. The molecule has 35 heavy (non-hydrogen) atoms. The van der Waals surface area contributed by atoms with Crippen LogP contribution < -0.4 is 10.6 Å². The van der Waals surface area contributed by atoms with Gasteiger partial charge < -0.3 is 15.5 Å². The summed E-state index contributed by atoms with van der Waals surface area (Å²) in [6.07, 6.45) is 7.41. The Morgan fingerprint density at radius 3 is 2.43 bits per heavy atom. The van der Waals surface area contributed by atoms with E-state index in [1.807, 2.05) is 0 Å². The van der Waals surface area contributed by atoms with E-state index in [1.165, 1.54) is 35.1 Å². The Labute approximate surface area is 218 Å². The van der Waals surface area contributed by atoms with E-state index in [4.69, 9.17) is 0 Å². The highest BCUT2D eigenvalue weighted by molar-refractivity contribution is 8.05. The van der Waals surface area contributed by atoms with Gasteiger partial charge in [0.2, 0.25) is 5.91 Å². The Bertz CT molecular complexity index is 926. The zero-order valence-electron chi connectivity index (χ0n) is 22.9. The first-order valence-electron chi connectivity index (χ1n) is 13.4. The number of rotatable bonds is 10. The van der Waals surface area contributed by atoms with Gasteiger partial charge in [0, 0.05) is 32.6 Å². The van der Waals surface area contributed by atoms with E-state index in [0.29, 0.717) is 12.5 Å². The smallest absolute Gasteiger partial charge is 0.219 e. The number of hydrogen-bond acceptors (Lipinski definition) is 4. The number of hydrogen-bond donors (Lipinski definition) is 2. The van der Waals surface area contributed by atoms with Crippen molar-refractivity contribution in [3.05, 3.63) is 51.9 Å². The normalized spacial score (nSPS) is 19.8. The third-order valence-electron chi connectivity index (χ3n) is 8.07. The summed E-state index contributed by atoms with van der Waals surface area (Å²) in [7, 11) is 1.70. The molecule has 194 valence electrons. The first-order chi connectivity index (χ1) is 16.5. The number of carbonyl (C=O) groups is 1. The van der Waals surface area contributed by atoms with Crippen LogP contribution in [0.2, 0.25) is 0 Å². The van der Waals surface area contributed by atoms with Crippen LogP contribution in [0.4, 0.5) is 0 Å². The molecule has 1 fully saturated rings. The number of piperidine rings is 1. The molecule has 0 radical (unpaired) electrons. The molecule has 5 heteroatoms. The number of amides is 1. The van der Waals surface area contributed by atoms with Crippen molar-refractivity contribution in [1.29, 1.82) is 0 Å². The maximum absolute atomic E-state index is 11.3. The third-order valence-corrected chi connectivity index (χ3v) is 9.07. The maximum atomic E-state index is 11.3. The molecule has 0 unspecified atom stereocenters. The third kappa shape index (κ3) is 7.39. The largest absolute Gasteiger partial charge is 0.366 e. The van der Waals surface area contributed by atoms with Gasteiger partial charge in [-0.25, -0.2) is 0 Å². The molecule has 2 N–H and O–H groups in total. The number of nitrogens with zero attached hydrogens (tertiary/aromatic N) is 1. The van der Waals surface area contributed by atoms with Crippen molar-refractivity contribution >= 4 is 23.2 Å². The fourth-order valence-electron chi connectivity index (χ4n) is 5.31. The van der Waals surface area contributed by atoms with Crippen LogP contribution in [0.15, 0.2) is 35.2 Å². The van der Waals surface area contributed by atoms with Gasteiger partial charge in [-0.15, -0.1) is 0 Å². The van der Waals surface area contributed by atoms with E-state index in [2.05, 4.69) is 80.3 Å². The first-order valence-corrected chi connectivity index (χ1v) is 14.3. The molecule has 1 heterocycles. The first kappa shape index (κ1) is 27.9. The zero-order valence-corrected chi connectivity index (χ0v) is 23.7. The molecule has 2 aliphatic rings. The summed E-state index contributed by atoms with van der Waals surface area (Å²) < 4.78 is 0. The summed E-state index contributed by atoms with van der Waals surface area (Å²) in [5.74, 6) is 0.137. The lowest BCUT2D eigenvalue weighted by molar-refractivity contribution is -0.120. The molecule has 1 amide bonds. The number of carbonyl (C=O) groups excluding carboxylic acids is 1. The SMILES string of the molecule is C=C(S/C=C(\C)c1ccc2c(c1)C(C)(C)CCC2(C)C)N1CCC(NCCCCC(=O)NC)CC1. The minimum Gasteiger partial charge on any atom is -0.366 e. The summed E-state index contributed by atoms with van der Waals surface area (Å²) in [5, 5.41) is 9.79. The Hall–Kier alpha value is -1.72. The van der Waals surface area contributed by atoms with Crippen LogP contribution in [-0.2, 0) is 15.6 Å². The standard InChI is InChI=1S/C30H47N3OS/c1-22(24-11-12-26-27(20-24)30(5,6)16-15-29(26,3)4)21-35-23(2)33-18-13-25(14-19-33)32-17-9-8-10-28(34)31-7/h11-12,20-21,25,32H,2,8-10,13-19H2,1,3-7H3,(H,31,34)/b22-21+. The lowest BCUT2D eigenvalue weighted by Gasteiger charge is -2.42. The number of thioether (sulfide) groups is 1. The summed E-state index contributed by atoms with van der Waals surface area (Å²) >= 11 is 1.76. The van der Waals surface area contributed by atoms with Crippen molar-refractivity contribution in [2.75, 3.05) is 26.7 Å². The average Bonchev–Trinajstić information content (AvgIpc) is 2.85. The topological polar surface area (TPSA) is 44.4 Å². The van der Waals surface area contributed by atoms with Crippen LogP contribution in [-0.4, -0.2) is 43.5 Å².